The van der Waals surface area contributed by atoms with Gasteiger partial charge in [-0.05, 0) is 24.8 Å². The van der Waals surface area contributed by atoms with E-state index in [2.05, 4.69) is 20.8 Å². The maximum absolute atomic E-state index is 5.64. The van der Waals surface area contributed by atoms with E-state index in [4.69, 9.17) is 5.73 Å². The standard InChI is InChI=1S/C11H25N/c1-4-7-8-11(5-2,6-3)9-10-12/h4-10,12H2,1-3H3. The zero-order valence-corrected chi connectivity index (χ0v) is 9.03. The van der Waals surface area contributed by atoms with Crippen LogP contribution in [0.2, 0.25) is 0 Å². The predicted molar refractivity (Wildman–Crippen MR) is 56.2 cm³/mol. The summed E-state index contributed by atoms with van der Waals surface area (Å²) in [5.74, 6) is 0. The Morgan fingerprint density at radius 3 is 1.92 bits per heavy atom. The van der Waals surface area contributed by atoms with Crippen molar-refractivity contribution in [3.05, 3.63) is 0 Å². The Morgan fingerprint density at radius 1 is 1.00 bits per heavy atom. The van der Waals surface area contributed by atoms with Crippen LogP contribution >= 0.6 is 0 Å². The first-order valence-electron chi connectivity index (χ1n) is 5.44. The van der Waals surface area contributed by atoms with Gasteiger partial charge < -0.3 is 5.73 Å². The molecule has 0 aliphatic carbocycles. The molecule has 0 aromatic rings. The summed E-state index contributed by atoms with van der Waals surface area (Å²) in [6.07, 6.45) is 7.84. The van der Waals surface area contributed by atoms with Gasteiger partial charge in [0.25, 0.3) is 0 Å². The molecule has 0 heterocycles. The van der Waals surface area contributed by atoms with Gasteiger partial charge in [-0.2, -0.15) is 0 Å². The van der Waals surface area contributed by atoms with Gasteiger partial charge in [0.15, 0.2) is 0 Å². The fraction of sp³-hybridized carbons (Fsp3) is 1.00. The molecule has 0 fully saturated rings. The molecule has 0 rings (SSSR count). The summed E-state index contributed by atoms with van der Waals surface area (Å²) < 4.78 is 0. The van der Waals surface area contributed by atoms with Crippen LogP contribution in [0.1, 0.15) is 59.3 Å². The zero-order valence-electron chi connectivity index (χ0n) is 9.03. The number of nitrogens with two attached hydrogens (primary N) is 1. The first-order chi connectivity index (χ1) is 5.74. The highest BCUT2D eigenvalue weighted by Gasteiger charge is 2.23. The second-order valence-electron chi connectivity index (χ2n) is 3.85. The van der Waals surface area contributed by atoms with Crippen LogP contribution in [-0.2, 0) is 0 Å². The van der Waals surface area contributed by atoms with Gasteiger partial charge in [-0.3, -0.25) is 0 Å². The molecule has 0 aromatic carbocycles. The van der Waals surface area contributed by atoms with Crippen LogP contribution in [0.5, 0.6) is 0 Å². The van der Waals surface area contributed by atoms with Crippen molar-refractivity contribution in [2.24, 2.45) is 11.1 Å². The van der Waals surface area contributed by atoms with Crippen molar-refractivity contribution in [2.75, 3.05) is 6.54 Å². The van der Waals surface area contributed by atoms with Gasteiger partial charge >= 0.3 is 0 Å². The van der Waals surface area contributed by atoms with Gasteiger partial charge in [0.05, 0.1) is 0 Å². The minimum absolute atomic E-state index is 0.560. The Kier molecular flexibility index (Phi) is 6.45. The van der Waals surface area contributed by atoms with Crippen molar-refractivity contribution in [3.63, 3.8) is 0 Å². The molecule has 1 nitrogen and oxygen atoms in total. The van der Waals surface area contributed by atoms with Crippen molar-refractivity contribution < 1.29 is 0 Å². The van der Waals surface area contributed by atoms with Gasteiger partial charge in [-0.15, -0.1) is 0 Å². The normalized spacial score (nSPS) is 12.0. The van der Waals surface area contributed by atoms with Gasteiger partial charge in [-0.25, -0.2) is 0 Å². The Balaban J connectivity index is 3.95. The molecule has 0 amide bonds. The van der Waals surface area contributed by atoms with Crippen LogP contribution in [0.4, 0.5) is 0 Å². The summed E-state index contributed by atoms with van der Waals surface area (Å²) in [7, 11) is 0. The predicted octanol–water partition coefficient (Wildman–Crippen LogP) is 3.33. The second kappa shape index (κ2) is 6.47. The van der Waals surface area contributed by atoms with E-state index < -0.39 is 0 Å². The molecule has 74 valence electrons. The van der Waals surface area contributed by atoms with Crippen LogP contribution < -0.4 is 5.73 Å². The van der Waals surface area contributed by atoms with Crippen LogP contribution in [0.15, 0.2) is 0 Å². The lowest BCUT2D eigenvalue weighted by Gasteiger charge is -2.31. The lowest BCUT2D eigenvalue weighted by Crippen LogP contribution is -2.22. The summed E-state index contributed by atoms with van der Waals surface area (Å²) >= 11 is 0. The summed E-state index contributed by atoms with van der Waals surface area (Å²) in [6.45, 7) is 7.72. The first-order valence-corrected chi connectivity index (χ1v) is 5.44. The summed E-state index contributed by atoms with van der Waals surface area (Å²) in [5, 5.41) is 0. The lowest BCUT2D eigenvalue weighted by molar-refractivity contribution is 0.216. The molecule has 0 saturated heterocycles. The van der Waals surface area contributed by atoms with Crippen molar-refractivity contribution >= 4 is 0 Å². The van der Waals surface area contributed by atoms with Crippen molar-refractivity contribution in [3.8, 4) is 0 Å². The average Bonchev–Trinajstić information content (AvgIpc) is 2.13. The molecule has 0 aromatic heterocycles. The van der Waals surface area contributed by atoms with Crippen molar-refractivity contribution in [1.29, 1.82) is 0 Å². The number of hydrogen-bond acceptors (Lipinski definition) is 1. The fourth-order valence-electron chi connectivity index (χ4n) is 1.94. The molecule has 0 saturated carbocycles. The first kappa shape index (κ1) is 12.0. The summed E-state index contributed by atoms with van der Waals surface area (Å²) in [6, 6.07) is 0. The van der Waals surface area contributed by atoms with E-state index in [0.717, 1.165) is 6.54 Å². The van der Waals surface area contributed by atoms with Crippen LogP contribution in [0.3, 0.4) is 0 Å². The van der Waals surface area contributed by atoms with E-state index in [0.29, 0.717) is 5.41 Å². The molecule has 0 bridgehead atoms. The second-order valence-corrected chi connectivity index (χ2v) is 3.85. The Bertz CT molecular complexity index is 95.2. The van der Waals surface area contributed by atoms with Crippen molar-refractivity contribution in [2.45, 2.75) is 59.3 Å². The molecule has 0 aliphatic heterocycles. The third-order valence-corrected chi connectivity index (χ3v) is 3.24. The Hall–Kier alpha value is -0.0400. The Labute approximate surface area is 77.7 Å². The highest BCUT2D eigenvalue weighted by molar-refractivity contribution is 4.76. The molecule has 0 aliphatic rings. The highest BCUT2D eigenvalue weighted by Crippen LogP contribution is 2.35. The van der Waals surface area contributed by atoms with Gasteiger partial charge in [0.2, 0.25) is 0 Å². The van der Waals surface area contributed by atoms with E-state index in [9.17, 15) is 0 Å². The monoisotopic (exact) mass is 171 g/mol. The third-order valence-electron chi connectivity index (χ3n) is 3.24. The van der Waals surface area contributed by atoms with E-state index >= 15 is 0 Å². The van der Waals surface area contributed by atoms with Crippen LogP contribution in [0, 0.1) is 5.41 Å². The SMILES string of the molecule is CCCCC(CC)(CC)CCN. The fourth-order valence-corrected chi connectivity index (χ4v) is 1.94. The zero-order chi connectivity index (χ0) is 9.45. The Morgan fingerprint density at radius 2 is 1.58 bits per heavy atom. The lowest BCUT2D eigenvalue weighted by atomic mass is 9.75. The number of hydrogen-bond donors (Lipinski definition) is 1. The molecule has 0 atom stereocenters. The topological polar surface area (TPSA) is 26.0 Å². The minimum atomic E-state index is 0.560. The summed E-state index contributed by atoms with van der Waals surface area (Å²) in [4.78, 5) is 0. The van der Waals surface area contributed by atoms with Crippen molar-refractivity contribution in [1.82, 2.24) is 0 Å². The maximum Gasteiger partial charge on any atom is -0.00720 e. The van der Waals surface area contributed by atoms with E-state index in [1.165, 1.54) is 38.5 Å². The molecule has 0 spiro atoms. The maximum atomic E-state index is 5.64. The molecule has 2 N–H and O–H groups in total. The number of unbranched alkanes of at least 4 members (excludes halogenated alkanes) is 1. The third kappa shape index (κ3) is 3.57. The molecule has 0 radical (unpaired) electrons. The van der Waals surface area contributed by atoms with E-state index in [1.54, 1.807) is 0 Å². The number of rotatable bonds is 7. The van der Waals surface area contributed by atoms with E-state index in [-0.39, 0.29) is 0 Å². The van der Waals surface area contributed by atoms with Gasteiger partial charge in [0, 0.05) is 0 Å². The minimum Gasteiger partial charge on any atom is -0.330 e. The molecule has 1 heteroatoms. The molecule has 12 heavy (non-hydrogen) atoms. The highest BCUT2D eigenvalue weighted by atomic mass is 14.5. The molecular formula is C11H25N. The molecule has 0 unspecified atom stereocenters. The van der Waals surface area contributed by atoms with E-state index in [1.807, 2.05) is 0 Å². The summed E-state index contributed by atoms with van der Waals surface area (Å²) in [5.41, 5.74) is 6.20. The molecular weight excluding hydrogens is 146 g/mol. The smallest absolute Gasteiger partial charge is 0.00720 e. The quantitative estimate of drug-likeness (QED) is 0.624. The van der Waals surface area contributed by atoms with Gasteiger partial charge in [-0.1, -0.05) is 46.5 Å². The average molecular weight is 171 g/mol. The largest absolute Gasteiger partial charge is 0.330 e. The van der Waals surface area contributed by atoms with Gasteiger partial charge in [0.1, 0.15) is 0 Å². The van der Waals surface area contributed by atoms with Crippen LogP contribution in [-0.4, -0.2) is 6.54 Å². The van der Waals surface area contributed by atoms with Crippen LogP contribution in [0.25, 0.3) is 0 Å².